The molecule has 0 bridgehead atoms. The van der Waals surface area contributed by atoms with Gasteiger partial charge in [-0.25, -0.2) is 0 Å². The standard InChI is InChI=1S/C45H34.C16H16.C9H12.C2H6/c1-31-24-26-34(27-25-31)45(41-22-12-8-18-36(41)37-19-9-13-23-42(37)45)35-28-29-39-38-20-10-11-21-40(38)44(43(39)30-35,32-14-4-2-5-15-32)33-16-6-3-7-17-33;1-11-8-9-13-12-6-4-5-7-14(12)16(2,3)15(13)10-11;1-2-6-9-7-4-3-5-8-9;1-2/h2-10,12-20,22-30H,11,21H2,1H3;4-10H,1-3H3;3-5,7-8H,2,6H2,1H3;1-2H3. The van der Waals surface area contributed by atoms with Crippen LogP contribution in [0.15, 0.2) is 242 Å². The van der Waals surface area contributed by atoms with Crippen LogP contribution in [0.25, 0.3) is 27.8 Å². The summed E-state index contributed by atoms with van der Waals surface area (Å²) < 4.78 is 0. The van der Waals surface area contributed by atoms with Gasteiger partial charge in [0.2, 0.25) is 0 Å². The lowest BCUT2D eigenvalue weighted by atomic mass is 9.63. The molecule has 0 saturated heterocycles. The Balaban J connectivity index is 0.000000180. The fraction of sp³-hybridized carbons (Fsp3) is 0.194. The molecule has 0 fully saturated rings. The smallest absolute Gasteiger partial charge is 0.0713 e. The predicted octanol–water partition coefficient (Wildman–Crippen LogP) is 18.8. The second kappa shape index (κ2) is 20.3. The van der Waals surface area contributed by atoms with Crippen molar-refractivity contribution in [1.82, 2.24) is 0 Å². The molecule has 0 saturated carbocycles. The third-order valence-corrected chi connectivity index (χ3v) is 15.7. The third kappa shape index (κ3) is 8.03. The highest BCUT2D eigenvalue weighted by Gasteiger charge is 2.51. The van der Waals surface area contributed by atoms with Crippen LogP contribution in [0.4, 0.5) is 0 Å². The minimum absolute atomic E-state index is 0.151. The molecule has 72 heavy (non-hydrogen) atoms. The Labute approximate surface area is 430 Å². The SMILES string of the molecule is CC.CCCc1ccccc1.Cc1ccc(C2(c3ccc4c(c3)C(c3ccccc3)(c3ccccc3)C3=C4C=CCC3)c3ccccc3-c3ccccc32)cc1.Cc1ccc2c(c1)C(C)(C)c1ccccc1-2. The molecule has 0 amide bonds. The Morgan fingerprint density at radius 1 is 0.389 bits per heavy atom. The van der Waals surface area contributed by atoms with E-state index in [4.69, 9.17) is 0 Å². The molecule has 0 aromatic heterocycles. The fourth-order valence-electron chi connectivity index (χ4n) is 12.6. The van der Waals surface area contributed by atoms with Crippen LogP contribution >= 0.6 is 0 Å². The summed E-state index contributed by atoms with van der Waals surface area (Å²) >= 11 is 0. The first-order valence-corrected chi connectivity index (χ1v) is 26.5. The Kier molecular flexibility index (Phi) is 13.6. The van der Waals surface area contributed by atoms with E-state index in [-0.39, 0.29) is 10.8 Å². The van der Waals surface area contributed by atoms with Gasteiger partial charge in [-0.15, -0.1) is 0 Å². The molecule has 9 aromatic carbocycles. The first-order chi connectivity index (χ1) is 35.3. The molecule has 0 heteroatoms. The number of hydrogen-bond acceptors (Lipinski definition) is 0. The van der Waals surface area contributed by atoms with E-state index in [0.29, 0.717) is 0 Å². The van der Waals surface area contributed by atoms with Gasteiger partial charge in [0.25, 0.3) is 0 Å². The molecule has 0 atom stereocenters. The molecule has 0 unspecified atom stereocenters. The van der Waals surface area contributed by atoms with Gasteiger partial charge in [-0.2, -0.15) is 0 Å². The number of allylic oxidation sites excluding steroid dienone is 4. The molecule has 0 aliphatic heterocycles. The maximum Gasteiger partial charge on any atom is 0.0713 e. The van der Waals surface area contributed by atoms with Crippen LogP contribution in [-0.4, -0.2) is 0 Å². The van der Waals surface area contributed by atoms with Gasteiger partial charge in [-0.05, 0) is 128 Å². The number of hydrogen-bond donors (Lipinski definition) is 0. The van der Waals surface area contributed by atoms with Gasteiger partial charge in [-0.1, -0.05) is 289 Å². The van der Waals surface area contributed by atoms with Gasteiger partial charge in [-0.3, -0.25) is 0 Å². The van der Waals surface area contributed by atoms with Crippen molar-refractivity contribution in [3.05, 3.63) is 315 Å². The van der Waals surface area contributed by atoms with Crippen LogP contribution in [0.1, 0.15) is 126 Å². The van der Waals surface area contributed by atoms with Crippen LogP contribution < -0.4 is 0 Å². The monoisotopic (exact) mass is 933 g/mol. The average molecular weight is 933 g/mol. The predicted molar refractivity (Wildman–Crippen MR) is 307 cm³/mol. The zero-order chi connectivity index (χ0) is 49.9. The topological polar surface area (TPSA) is 0 Å². The summed E-state index contributed by atoms with van der Waals surface area (Å²) in [5, 5.41) is 0. The zero-order valence-corrected chi connectivity index (χ0v) is 43.3. The molecule has 0 spiro atoms. The lowest BCUT2D eigenvalue weighted by molar-refractivity contribution is 0.660. The second-order valence-electron chi connectivity index (χ2n) is 20.2. The molecular weight excluding hydrogens is 865 g/mol. The van der Waals surface area contributed by atoms with Crippen molar-refractivity contribution in [2.24, 2.45) is 0 Å². The van der Waals surface area contributed by atoms with Crippen molar-refractivity contribution < 1.29 is 0 Å². The van der Waals surface area contributed by atoms with Crippen LogP contribution in [0.2, 0.25) is 0 Å². The number of rotatable bonds is 6. The maximum absolute atomic E-state index is 2.58. The van der Waals surface area contributed by atoms with Crippen molar-refractivity contribution in [3.63, 3.8) is 0 Å². The molecule has 9 aromatic rings. The Hall–Kier alpha value is -7.54. The van der Waals surface area contributed by atoms with E-state index >= 15 is 0 Å². The summed E-state index contributed by atoms with van der Waals surface area (Å²) in [5.74, 6) is 0. The van der Waals surface area contributed by atoms with Gasteiger partial charge in [0.1, 0.15) is 0 Å². The summed E-state index contributed by atoms with van der Waals surface area (Å²) in [4.78, 5) is 0. The molecule has 0 radical (unpaired) electrons. The van der Waals surface area contributed by atoms with Gasteiger partial charge in [0.15, 0.2) is 0 Å². The second-order valence-corrected chi connectivity index (χ2v) is 20.2. The van der Waals surface area contributed by atoms with Gasteiger partial charge < -0.3 is 0 Å². The zero-order valence-electron chi connectivity index (χ0n) is 43.3. The van der Waals surface area contributed by atoms with Crippen LogP contribution in [0.5, 0.6) is 0 Å². The first-order valence-electron chi connectivity index (χ1n) is 26.5. The Morgan fingerprint density at radius 3 is 1.43 bits per heavy atom. The number of fused-ring (bicyclic) bond motifs is 8. The van der Waals surface area contributed by atoms with Crippen molar-refractivity contribution >= 4 is 5.57 Å². The summed E-state index contributed by atoms with van der Waals surface area (Å²) in [7, 11) is 0. The van der Waals surface area contributed by atoms with Crippen LogP contribution in [0.3, 0.4) is 0 Å². The molecular formula is C72H68. The lowest BCUT2D eigenvalue weighted by Crippen LogP contribution is -2.32. The van der Waals surface area contributed by atoms with E-state index in [0.717, 1.165) is 12.8 Å². The minimum Gasteiger partial charge on any atom is -0.0836 e. The Bertz CT molecular complexity index is 3310. The van der Waals surface area contributed by atoms with Crippen LogP contribution in [0, 0.1) is 13.8 Å². The summed E-state index contributed by atoms with van der Waals surface area (Å²) in [6.45, 7) is 15.2. The molecule has 4 aliphatic rings. The maximum atomic E-state index is 2.58. The molecule has 13 rings (SSSR count). The summed E-state index contributed by atoms with van der Waals surface area (Å²) in [6.07, 6.45) is 9.31. The third-order valence-electron chi connectivity index (χ3n) is 15.7. The summed E-state index contributed by atoms with van der Waals surface area (Å²) in [5.41, 5.74) is 25.5. The van der Waals surface area contributed by atoms with E-state index in [2.05, 4.69) is 271 Å². The Morgan fingerprint density at radius 2 is 0.847 bits per heavy atom. The minimum atomic E-state index is -0.437. The molecule has 356 valence electrons. The van der Waals surface area contributed by atoms with E-state index in [1.54, 1.807) is 0 Å². The van der Waals surface area contributed by atoms with E-state index in [1.165, 1.54) is 119 Å². The molecule has 0 nitrogen and oxygen atoms in total. The van der Waals surface area contributed by atoms with Crippen molar-refractivity contribution in [2.45, 2.75) is 90.4 Å². The number of benzene rings is 9. The van der Waals surface area contributed by atoms with Gasteiger partial charge >= 0.3 is 0 Å². The quantitative estimate of drug-likeness (QED) is 0.156. The van der Waals surface area contributed by atoms with Gasteiger partial charge in [0, 0.05) is 5.41 Å². The van der Waals surface area contributed by atoms with E-state index in [1.807, 2.05) is 13.8 Å². The molecule has 4 aliphatic carbocycles. The van der Waals surface area contributed by atoms with Crippen molar-refractivity contribution in [1.29, 1.82) is 0 Å². The van der Waals surface area contributed by atoms with Crippen LogP contribution in [-0.2, 0) is 22.7 Å². The lowest BCUT2D eigenvalue weighted by Gasteiger charge is -2.38. The fourth-order valence-corrected chi connectivity index (χ4v) is 12.6. The normalized spacial score (nSPS) is 15.1. The molecule has 0 N–H and O–H groups in total. The van der Waals surface area contributed by atoms with E-state index in [9.17, 15) is 0 Å². The van der Waals surface area contributed by atoms with Crippen molar-refractivity contribution in [3.8, 4) is 22.3 Å². The average Bonchev–Trinajstić information content (AvgIpc) is 3.99. The van der Waals surface area contributed by atoms with Crippen molar-refractivity contribution in [2.75, 3.05) is 0 Å². The number of aryl methyl sites for hydroxylation is 3. The highest BCUT2D eigenvalue weighted by Crippen LogP contribution is 2.61. The highest BCUT2D eigenvalue weighted by molar-refractivity contribution is 5.92. The summed E-state index contributed by atoms with van der Waals surface area (Å²) in [6, 6.07) is 83.4. The highest BCUT2D eigenvalue weighted by atomic mass is 14.5. The molecule has 0 heterocycles. The van der Waals surface area contributed by atoms with E-state index < -0.39 is 5.41 Å². The first kappa shape index (κ1) is 48.1. The largest absolute Gasteiger partial charge is 0.0836 e. The van der Waals surface area contributed by atoms with Gasteiger partial charge in [0.05, 0.1) is 10.8 Å².